The van der Waals surface area contributed by atoms with Crippen LogP contribution >= 0.6 is 0 Å². The number of amides is 1. The van der Waals surface area contributed by atoms with Crippen LogP contribution in [-0.4, -0.2) is 30.4 Å². The minimum atomic E-state index is -0.228. The molecule has 2 aromatic rings. The van der Waals surface area contributed by atoms with Crippen molar-refractivity contribution in [1.29, 1.82) is 0 Å². The topological polar surface area (TPSA) is 78.4 Å². The summed E-state index contributed by atoms with van der Waals surface area (Å²) in [4.78, 5) is 19.8. The number of hydrogen-bond donors (Lipinski definition) is 3. The van der Waals surface area contributed by atoms with Crippen molar-refractivity contribution in [1.82, 2.24) is 15.6 Å². The molecule has 3 N–H and O–H groups in total. The van der Waals surface area contributed by atoms with Gasteiger partial charge in [0.1, 0.15) is 5.82 Å². The number of nitrogens with one attached hydrogen (secondary N) is 3. The summed E-state index contributed by atoms with van der Waals surface area (Å²) in [6, 6.07) is 8.41. The molecule has 1 heterocycles. The molecule has 1 amide bonds. The molecule has 1 aromatic heterocycles. The molecule has 0 atom stereocenters. The van der Waals surface area contributed by atoms with Crippen LogP contribution in [0.5, 0.6) is 0 Å². The second-order valence-corrected chi connectivity index (χ2v) is 5.15. The van der Waals surface area contributed by atoms with Crippen LogP contribution in [0.1, 0.15) is 11.1 Å². The Morgan fingerprint density at radius 1 is 1.29 bits per heavy atom. The molecule has 126 valence electrons. The fourth-order valence-electron chi connectivity index (χ4n) is 2.03. The Labute approximate surface area is 140 Å². The minimum Gasteiger partial charge on any atom is -0.352 e. The number of hydrogen-bond acceptors (Lipinski definition) is 3. The predicted molar refractivity (Wildman–Crippen MR) is 92.2 cm³/mol. The lowest BCUT2D eigenvalue weighted by Gasteiger charge is -2.12. The largest absolute Gasteiger partial charge is 0.352 e. The minimum absolute atomic E-state index is 0.0665. The van der Waals surface area contributed by atoms with Crippen molar-refractivity contribution >= 4 is 17.6 Å². The van der Waals surface area contributed by atoms with Crippen molar-refractivity contribution in [3.05, 3.63) is 59.7 Å². The summed E-state index contributed by atoms with van der Waals surface area (Å²) in [6.45, 7) is 2.26. The Hall–Kier alpha value is -2.96. The van der Waals surface area contributed by atoms with E-state index in [1.807, 2.05) is 0 Å². The standard InChI is InChI=1S/C17H20FN5O/c1-12-8-13(5-6-15(12)18)9-21-17(19-2)22-11-16(24)23-14-4-3-7-20-10-14/h3-8,10H,9,11H2,1-2H3,(H,23,24)(H2,19,21,22). The highest BCUT2D eigenvalue weighted by molar-refractivity contribution is 5.94. The molecule has 0 spiro atoms. The first-order valence-corrected chi connectivity index (χ1v) is 7.48. The lowest BCUT2D eigenvalue weighted by Crippen LogP contribution is -2.41. The van der Waals surface area contributed by atoms with Gasteiger partial charge in [-0.2, -0.15) is 0 Å². The third kappa shape index (κ3) is 5.35. The molecule has 0 saturated heterocycles. The van der Waals surface area contributed by atoms with Crippen LogP contribution in [0.2, 0.25) is 0 Å². The van der Waals surface area contributed by atoms with Crippen molar-refractivity contribution in [2.75, 3.05) is 18.9 Å². The number of anilines is 1. The predicted octanol–water partition coefficient (Wildman–Crippen LogP) is 1.83. The van der Waals surface area contributed by atoms with E-state index in [0.29, 0.717) is 23.8 Å². The van der Waals surface area contributed by atoms with Crippen LogP contribution in [0.25, 0.3) is 0 Å². The van der Waals surface area contributed by atoms with Crippen LogP contribution < -0.4 is 16.0 Å². The Balaban J connectivity index is 1.79. The van der Waals surface area contributed by atoms with Crippen molar-refractivity contribution in [2.24, 2.45) is 4.99 Å². The zero-order valence-electron chi connectivity index (χ0n) is 13.6. The van der Waals surface area contributed by atoms with E-state index >= 15 is 0 Å². The molecule has 0 fully saturated rings. The molecule has 0 saturated carbocycles. The molecule has 0 aliphatic heterocycles. The van der Waals surface area contributed by atoms with E-state index < -0.39 is 0 Å². The molecule has 0 aliphatic carbocycles. The molecule has 6 nitrogen and oxygen atoms in total. The van der Waals surface area contributed by atoms with Crippen LogP contribution in [0.15, 0.2) is 47.7 Å². The summed E-state index contributed by atoms with van der Waals surface area (Å²) in [5.74, 6) is 0.0511. The summed E-state index contributed by atoms with van der Waals surface area (Å²) in [6.07, 6.45) is 3.21. The molecule has 1 aromatic carbocycles. The summed E-state index contributed by atoms with van der Waals surface area (Å²) in [5.41, 5.74) is 2.15. The second-order valence-electron chi connectivity index (χ2n) is 5.15. The number of aryl methyl sites for hydroxylation is 1. The molecule has 0 aliphatic rings. The van der Waals surface area contributed by atoms with E-state index in [9.17, 15) is 9.18 Å². The van der Waals surface area contributed by atoms with Gasteiger partial charge in [-0.3, -0.25) is 14.8 Å². The molecule has 0 unspecified atom stereocenters. The number of pyridine rings is 1. The highest BCUT2D eigenvalue weighted by atomic mass is 19.1. The van der Waals surface area contributed by atoms with Crippen LogP contribution in [0.3, 0.4) is 0 Å². The maximum absolute atomic E-state index is 13.2. The first-order valence-electron chi connectivity index (χ1n) is 7.48. The number of benzene rings is 1. The zero-order chi connectivity index (χ0) is 17.4. The summed E-state index contributed by atoms with van der Waals surface area (Å²) < 4.78 is 13.2. The van der Waals surface area contributed by atoms with Crippen molar-refractivity contribution in [3.63, 3.8) is 0 Å². The summed E-state index contributed by atoms with van der Waals surface area (Å²) >= 11 is 0. The first kappa shape index (κ1) is 17.4. The van der Waals surface area contributed by atoms with Gasteiger partial charge in [-0.15, -0.1) is 0 Å². The number of carbonyl (C=O) groups excluding carboxylic acids is 1. The smallest absolute Gasteiger partial charge is 0.243 e. The zero-order valence-corrected chi connectivity index (χ0v) is 13.6. The van der Waals surface area contributed by atoms with E-state index in [4.69, 9.17) is 0 Å². The second kappa shape index (κ2) is 8.61. The van der Waals surface area contributed by atoms with Gasteiger partial charge in [-0.25, -0.2) is 4.39 Å². The Morgan fingerprint density at radius 2 is 2.12 bits per heavy atom. The molecule has 0 radical (unpaired) electrons. The Bertz CT molecular complexity index is 718. The maximum Gasteiger partial charge on any atom is 0.243 e. The Kier molecular flexibility index (Phi) is 6.24. The molecule has 0 bridgehead atoms. The van der Waals surface area contributed by atoms with Crippen LogP contribution in [-0.2, 0) is 11.3 Å². The first-order chi connectivity index (χ1) is 11.6. The number of guanidine groups is 1. The fraction of sp³-hybridized carbons (Fsp3) is 0.235. The fourth-order valence-corrected chi connectivity index (χ4v) is 2.03. The SMILES string of the molecule is CN=C(NCC(=O)Nc1cccnc1)NCc1ccc(F)c(C)c1. The van der Waals surface area contributed by atoms with Crippen molar-refractivity contribution < 1.29 is 9.18 Å². The van der Waals surface area contributed by atoms with Gasteiger partial charge >= 0.3 is 0 Å². The maximum atomic E-state index is 13.2. The van der Waals surface area contributed by atoms with Gasteiger partial charge in [-0.05, 0) is 36.2 Å². The normalized spacial score (nSPS) is 11.0. The van der Waals surface area contributed by atoms with E-state index in [2.05, 4.69) is 25.9 Å². The quantitative estimate of drug-likeness (QED) is 0.578. The van der Waals surface area contributed by atoms with Crippen molar-refractivity contribution in [2.45, 2.75) is 13.5 Å². The van der Waals surface area contributed by atoms with E-state index in [1.54, 1.807) is 50.6 Å². The number of nitrogens with zero attached hydrogens (tertiary/aromatic N) is 2. The Morgan fingerprint density at radius 3 is 2.79 bits per heavy atom. The van der Waals surface area contributed by atoms with E-state index in [0.717, 1.165) is 5.56 Å². The molecular weight excluding hydrogens is 309 g/mol. The number of aliphatic imine (C=N–C) groups is 1. The molecule has 24 heavy (non-hydrogen) atoms. The monoisotopic (exact) mass is 329 g/mol. The third-order valence-corrected chi connectivity index (χ3v) is 3.27. The highest BCUT2D eigenvalue weighted by Gasteiger charge is 2.05. The number of halogens is 1. The number of aromatic nitrogens is 1. The van der Waals surface area contributed by atoms with Gasteiger partial charge in [-0.1, -0.05) is 12.1 Å². The average Bonchev–Trinajstić information content (AvgIpc) is 2.59. The summed E-state index contributed by atoms with van der Waals surface area (Å²) in [5, 5.41) is 8.71. The molecular formula is C17H20FN5O. The van der Waals surface area contributed by atoms with Gasteiger partial charge in [0, 0.05) is 19.8 Å². The van der Waals surface area contributed by atoms with E-state index in [1.165, 1.54) is 6.07 Å². The van der Waals surface area contributed by atoms with E-state index in [-0.39, 0.29) is 18.3 Å². The van der Waals surface area contributed by atoms with Gasteiger partial charge in [0.05, 0.1) is 18.4 Å². The van der Waals surface area contributed by atoms with Crippen LogP contribution in [0.4, 0.5) is 10.1 Å². The molecule has 2 rings (SSSR count). The number of rotatable bonds is 5. The van der Waals surface area contributed by atoms with Gasteiger partial charge in [0.15, 0.2) is 5.96 Å². The third-order valence-electron chi connectivity index (χ3n) is 3.27. The lowest BCUT2D eigenvalue weighted by molar-refractivity contribution is -0.115. The lowest BCUT2D eigenvalue weighted by atomic mass is 10.1. The molecule has 7 heteroatoms. The van der Waals surface area contributed by atoms with Gasteiger partial charge < -0.3 is 16.0 Å². The van der Waals surface area contributed by atoms with Crippen LogP contribution in [0, 0.1) is 12.7 Å². The van der Waals surface area contributed by atoms with Crippen molar-refractivity contribution in [3.8, 4) is 0 Å². The highest BCUT2D eigenvalue weighted by Crippen LogP contribution is 2.08. The summed E-state index contributed by atoms with van der Waals surface area (Å²) in [7, 11) is 1.62. The average molecular weight is 329 g/mol. The van der Waals surface area contributed by atoms with Gasteiger partial charge in [0.2, 0.25) is 5.91 Å². The number of carbonyl (C=O) groups is 1. The van der Waals surface area contributed by atoms with Gasteiger partial charge in [0.25, 0.3) is 0 Å².